The Labute approximate surface area is 159 Å². The van der Waals surface area contributed by atoms with Gasteiger partial charge in [-0.15, -0.1) is 0 Å². The second-order valence-electron chi connectivity index (χ2n) is 7.02. The van der Waals surface area contributed by atoms with E-state index in [9.17, 15) is 9.59 Å². The molecule has 0 saturated carbocycles. The summed E-state index contributed by atoms with van der Waals surface area (Å²) in [5, 5.41) is 3.00. The maximum atomic E-state index is 12.6. The van der Waals surface area contributed by atoms with Gasteiger partial charge < -0.3 is 19.4 Å². The van der Waals surface area contributed by atoms with Crippen LogP contribution in [0.4, 0.5) is 0 Å². The van der Waals surface area contributed by atoms with Gasteiger partial charge in [-0.2, -0.15) is 0 Å². The van der Waals surface area contributed by atoms with Gasteiger partial charge in [0.25, 0.3) is 5.91 Å². The average Bonchev–Trinajstić information content (AvgIpc) is 3.12. The van der Waals surface area contributed by atoms with Crippen molar-refractivity contribution in [1.82, 2.24) is 10.2 Å². The Kier molecular flexibility index (Phi) is 6.16. The van der Waals surface area contributed by atoms with E-state index in [4.69, 9.17) is 9.15 Å². The fourth-order valence-electron chi connectivity index (χ4n) is 3.40. The van der Waals surface area contributed by atoms with Gasteiger partial charge in [0.05, 0.1) is 19.8 Å². The number of methoxy groups -OCH3 is 1. The summed E-state index contributed by atoms with van der Waals surface area (Å²) in [6.45, 7) is 3.82. The normalized spacial score (nSPS) is 16.8. The summed E-state index contributed by atoms with van der Waals surface area (Å²) in [5.74, 6) is 1.38. The molecular formula is C21H26N2O4. The summed E-state index contributed by atoms with van der Waals surface area (Å²) in [6.07, 6.45) is 3.82. The third-order valence-electron chi connectivity index (χ3n) is 4.97. The van der Waals surface area contributed by atoms with Crippen molar-refractivity contribution in [2.75, 3.05) is 26.7 Å². The van der Waals surface area contributed by atoms with Crippen molar-refractivity contribution in [2.24, 2.45) is 5.92 Å². The van der Waals surface area contributed by atoms with Crippen molar-refractivity contribution in [3.8, 4) is 5.75 Å². The molecular weight excluding hydrogens is 344 g/mol. The zero-order valence-electron chi connectivity index (χ0n) is 15.9. The second kappa shape index (κ2) is 8.75. The van der Waals surface area contributed by atoms with Gasteiger partial charge in [0, 0.05) is 25.2 Å². The number of furan rings is 1. The lowest BCUT2D eigenvalue weighted by molar-refractivity contribution is -0.120. The molecule has 27 heavy (non-hydrogen) atoms. The molecule has 0 aliphatic carbocycles. The number of benzene rings is 1. The third-order valence-corrected chi connectivity index (χ3v) is 4.97. The number of piperidine rings is 1. The van der Waals surface area contributed by atoms with E-state index in [0.29, 0.717) is 25.3 Å². The number of nitrogens with one attached hydrogen (secondary N) is 1. The van der Waals surface area contributed by atoms with Crippen LogP contribution in [0, 0.1) is 12.8 Å². The summed E-state index contributed by atoms with van der Waals surface area (Å²) in [6, 6.07) is 9.29. The van der Waals surface area contributed by atoms with E-state index in [1.54, 1.807) is 19.4 Å². The van der Waals surface area contributed by atoms with Crippen molar-refractivity contribution >= 4 is 11.8 Å². The van der Waals surface area contributed by atoms with E-state index >= 15 is 0 Å². The first-order valence-electron chi connectivity index (χ1n) is 9.30. The molecule has 1 aliphatic heterocycles. The van der Waals surface area contributed by atoms with E-state index in [-0.39, 0.29) is 17.7 Å². The third kappa shape index (κ3) is 4.90. The van der Waals surface area contributed by atoms with Gasteiger partial charge in [-0.05, 0) is 49.4 Å². The molecule has 144 valence electrons. The Bertz CT molecular complexity index is 782. The lowest BCUT2D eigenvalue weighted by atomic mass is 9.97. The van der Waals surface area contributed by atoms with Gasteiger partial charge in [-0.1, -0.05) is 12.1 Å². The van der Waals surface area contributed by atoms with Crippen LogP contribution in [-0.4, -0.2) is 43.5 Å². The maximum absolute atomic E-state index is 12.6. The molecule has 1 saturated heterocycles. The smallest absolute Gasteiger partial charge is 0.289 e. The van der Waals surface area contributed by atoms with Crippen molar-refractivity contribution < 1.29 is 18.7 Å². The molecule has 3 rings (SSSR count). The second-order valence-corrected chi connectivity index (χ2v) is 7.02. The van der Waals surface area contributed by atoms with Gasteiger partial charge in [-0.25, -0.2) is 0 Å². The van der Waals surface area contributed by atoms with E-state index < -0.39 is 0 Å². The Morgan fingerprint density at radius 3 is 2.70 bits per heavy atom. The Morgan fingerprint density at radius 2 is 2.04 bits per heavy atom. The van der Waals surface area contributed by atoms with Crippen molar-refractivity contribution in [3.63, 3.8) is 0 Å². The number of ether oxygens (including phenoxy) is 1. The molecule has 0 bridgehead atoms. The topological polar surface area (TPSA) is 71.8 Å². The predicted molar refractivity (Wildman–Crippen MR) is 102 cm³/mol. The first-order chi connectivity index (χ1) is 13.1. The highest BCUT2D eigenvalue weighted by molar-refractivity contribution is 5.92. The number of rotatable bonds is 6. The number of carbonyl (C=O) groups excluding carboxylic acids is 2. The highest BCUT2D eigenvalue weighted by Gasteiger charge is 2.27. The lowest BCUT2D eigenvalue weighted by Gasteiger charge is -2.32. The number of hydrogen-bond acceptors (Lipinski definition) is 4. The van der Waals surface area contributed by atoms with Gasteiger partial charge in [0.1, 0.15) is 5.75 Å². The highest BCUT2D eigenvalue weighted by atomic mass is 16.5. The molecule has 2 heterocycles. The van der Waals surface area contributed by atoms with Crippen molar-refractivity contribution in [2.45, 2.75) is 26.2 Å². The van der Waals surface area contributed by atoms with Crippen LogP contribution in [0.25, 0.3) is 0 Å². The molecule has 1 aliphatic rings. The first-order valence-corrected chi connectivity index (χ1v) is 9.30. The zero-order valence-corrected chi connectivity index (χ0v) is 15.9. The molecule has 2 aromatic rings. The molecule has 1 aromatic heterocycles. The standard InChI is InChI=1S/C21H26N2O4/c1-15-9-11-27-20(15)21(25)23-10-3-4-17(14-23)13-22-19(24)12-16-5-7-18(26-2)8-6-16/h5-9,11,17H,3-4,10,12-14H2,1-2H3,(H,22,24)/t17-/m0/s1. The SMILES string of the molecule is COc1ccc(CC(=O)NC[C@@H]2CCCN(C(=O)c3occc3C)C2)cc1. The van der Waals surface area contributed by atoms with E-state index in [1.807, 2.05) is 36.1 Å². The minimum absolute atomic E-state index is 0.00880. The molecule has 1 aromatic carbocycles. The quantitative estimate of drug-likeness (QED) is 0.849. The number of carbonyl (C=O) groups is 2. The van der Waals surface area contributed by atoms with Crippen LogP contribution in [0.2, 0.25) is 0 Å². The van der Waals surface area contributed by atoms with Gasteiger partial charge in [0.2, 0.25) is 5.91 Å². The van der Waals surface area contributed by atoms with Crippen LogP contribution in [0.3, 0.4) is 0 Å². The van der Waals surface area contributed by atoms with Crippen molar-refractivity contribution in [3.05, 3.63) is 53.5 Å². The first kappa shape index (κ1) is 19.0. The molecule has 2 amide bonds. The van der Waals surface area contributed by atoms with Crippen molar-refractivity contribution in [1.29, 1.82) is 0 Å². The molecule has 1 N–H and O–H groups in total. The minimum atomic E-state index is -0.0632. The number of hydrogen-bond donors (Lipinski definition) is 1. The monoisotopic (exact) mass is 370 g/mol. The molecule has 6 heteroatoms. The Balaban J connectivity index is 1.48. The minimum Gasteiger partial charge on any atom is -0.497 e. The van der Waals surface area contributed by atoms with Crippen LogP contribution in [-0.2, 0) is 11.2 Å². The van der Waals surface area contributed by atoms with Crippen LogP contribution in [0.15, 0.2) is 41.0 Å². The highest BCUT2D eigenvalue weighted by Crippen LogP contribution is 2.20. The maximum Gasteiger partial charge on any atom is 0.289 e. The number of likely N-dealkylation sites (tertiary alicyclic amines) is 1. The fraction of sp³-hybridized carbons (Fsp3) is 0.429. The summed E-state index contributed by atoms with van der Waals surface area (Å²) in [4.78, 5) is 26.6. The predicted octanol–water partition coefficient (Wildman–Crippen LogP) is 2.81. The molecule has 6 nitrogen and oxygen atoms in total. The van der Waals surface area contributed by atoms with E-state index in [1.165, 1.54) is 0 Å². The van der Waals surface area contributed by atoms with Gasteiger partial charge in [0.15, 0.2) is 5.76 Å². The summed E-state index contributed by atoms with van der Waals surface area (Å²) in [5.41, 5.74) is 1.80. The molecule has 0 unspecified atom stereocenters. The Hall–Kier alpha value is -2.76. The molecule has 1 atom stereocenters. The summed E-state index contributed by atoms with van der Waals surface area (Å²) >= 11 is 0. The average molecular weight is 370 g/mol. The van der Waals surface area contributed by atoms with Crippen LogP contribution in [0.5, 0.6) is 5.75 Å². The van der Waals surface area contributed by atoms with E-state index in [2.05, 4.69) is 5.32 Å². The zero-order chi connectivity index (χ0) is 19.2. The summed E-state index contributed by atoms with van der Waals surface area (Å²) in [7, 11) is 1.62. The number of amides is 2. The number of nitrogens with zero attached hydrogens (tertiary/aromatic N) is 1. The lowest BCUT2D eigenvalue weighted by Crippen LogP contribution is -2.44. The largest absolute Gasteiger partial charge is 0.497 e. The van der Waals surface area contributed by atoms with Crippen LogP contribution in [0.1, 0.15) is 34.5 Å². The van der Waals surface area contributed by atoms with Gasteiger partial charge >= 0.3 is 0 Å². The van der Waals surface area contributed by atoms with Crippen LogP contribution >= 0.6 is 0 Å². The fourth-order valence-corrected chi connectivity index (χ4v) is 3.40. The molecule has 1 fully saturated rings. The molecule has 0 spiro atoms. The Morgan fingerprint density at radius 1 is 1.26 bits per heavy atom. The summed E-state index contributed by atoms with van der Waals surface area (Å²) < 4.78 is 10.5. The van der Waals surface area contributed by atoms with Crippen LogP contribution < -0.4 is 10.1 Å². The number of aryl methyl sites for hydroxylation is 1. The van der Waals surface area contributed by atoms with E-state index in [0.717, 1.165) is 36.3 Å². The van der Waals surface area contributed by atoms with Gasteiger partial charge in [-0.3, -0.25) is 9.59 Å². The molecule has 0 radical (unpaired) electrons.